The van der Waals surface area contributed by atoms with Crippen molar-refractivity contribution in [1.29, 1.82) is 0 Å². The van der Waals surface area contributed by atoms with Gasteiger partial charge in [-0.1, -0.05) is 27.8 Å². The molecule has 0 aliphatic carbocycles. The van der Waals surface area contributed by atoms with Gasteiger partial charge in [0.05, 0.1) is 5.33 Å². The Kier molecular flexibility index (Phi) is 3.24. The fourth-order valence-electron chi connectivity index (χ4n) is 0.761. The van der Waals surface area contributed by atoms with Crippen molar-refractivity contribution in [2.45, 2.75) is 0 Å². The van der Waals surface area contributed by atoms with Crippen molar-refractivity contribution in [3.63, 3.8) is 0 Å². The number of hydrogen-bond acceptors (Lipinski definition) is 0. The van der Waals surface area contributed by atoms with Gasteiger partial charge in [-0.25, -0.2) is 8.78 Å². The van der Waals surface area contributed by atoms with Crippen molar-refractivity contribution in [3.8, 4) is 11.8 Å². The van der Waals surface area contributed by atoms with E-state index in [-0.39, 0.29) is 0 Å². The van der Waals surface area contributed by atoms with E-state index in [4.69, 9.17) is 0 Å². The number of hydrogen-bond donors (Lipinski definition) is 0. The third kappa shape index (κ3) is 2.63. The van der Waals surface area contributed by atoms with Gasteiger partial charge in [0.2, 0.25) is 0 Å². The molecule has 1 aromatic carbocycles. The van der Waals surface area contributed by atoms with Gasteiger partial charge < -0.3 is 0 Å². The first-order valence-corrected chi connectivity index (χ1v) is 4.35. The molecule has 0 saturated carbocycles. The van der Waals surface area contributed by atoms with E-state index in [0.717, 1.165) is 6.07 Å². The van der Waals surface area contributed by atoms with Crippen LogP contribution in [0.1, 0.15) is 5.56 Å². The smallest absolute Gasteiger partial charge is 0.127 e. The van der Waals surface area contributed by atoms with E-state index < -0.39 is 11.6 Å². The van der Waals surface area contributed by atoms with Crippen molar-refractivity contribution in [1.82, 2.24) is 0 Å². The quantitative estimate of drug-likeness (QED) is 0.475. The van der Waals surface area contributed by atoms with Gasteiger partial charge in [-0.2, -0.15) is 0 Å². The topological polar surface area (TPSA) is 0 Å². The Bertz CT molecular complexity index is 316. The van der Waals surface area contributed by atoms with Gasteiger partial charge in [-0.3, -0.25) is 0 Å². The molecule has 0 heterocycles. The standard InChI is InChI=1S/C9H5BrF2/c10-3-1-2-7-4-8(11)6-9(12)5-7/h4-6H,3H2. The second-order valence-corrected chi connectivity index (χ2v) is 2.65. The number of alkyl halides is 1. The molecule has 0 aromatic heterocycles. The average Bonchev–Trinajstić information content (AvgIpc) is 1.99. The summed E-state index contributed by atoms with van der Waals surface area (Å²) in [5.74, 6) is 4.05. The summed E-state index contributed by atoms with van der Waals surface area (Å²) in [7, 11) is 0. The summed E-state index contributed by atoms with van der Waals surface area (Å²) in [6, 6.07) is 3.21. The summed E-state index contributed by atoms with van der Waals surface area (Å²) >= 11 is 3.08. The Morgan fingerprint density at radius 2 is 1.75 bits per heavy atom. The van der Waals surface area contributed by atoms with Crippen LogP contribution < -0.4 is 0 Å². The maximum absolute atomic E-state index is 12.5. The first kappa shape index (κ1) is 9.21. The molecule has 0 nitrogen and oxygen atoms in total. The summed E-state index contributed by atoms with van der Waals surface area (Å²) in [6.07, 6.45) is 0. The molecule has 0 bridgehead atoms. The summed E-state index contributed by atoms with van der Waals surface area (Å²) in [6.45, 7) is 0. The van der Waals surface area contributed by atoms with E-state index >= 15 is 0 Å². The van der Waals surface area contributed by atoms with Gasteiger partial charge in [0.1, 0.15) is 11.6 Å². The van der Waals surface area contributed by atoms with Crippen LogP contribution in [0.4, 0.5) is 8.78 Å². The zero-order valence-electron chi connectivity index (χ0n) is 6.07. The Labute approximate surface area is 77.7 Å². The highest BCUT2D eigenvalue weighted by atomic mass is 79.9. The van der Waals surface area contributed by atoms with E-state index in [1.807, 2.05) is 0 Å². The van der Waals surface area contributed by atoms with Crippen LogP contribution >= 0.6 is 15.9 Å². The number of halogens is 3. The molecule has 0 saturated heterocycles. The van der Waals surface area contributed by atoms with Crippen molar-refractivity contribution in [2.75, 3.05) is 5.33 Å². The highest BCUT2D eigenvalue weighted by Crippen LogP contribution is 2.06. The van der Waals surface area contributed by atoms with E-state index in [2.05, 4.69) is 27.8 Å². The van der Waals surface area contributed by atoms with Gasteiger partial charge in [0.15, 0.2) is 0 Å². The zero-order valence-corrected chi connectivity index (χ0v) is 7.66. The van der Waals surface area contributed by atoms with Crippen molar-refractivity contribution in [3.05, 3.63) is 35.4 Å². The fraction of sp³-hybridized carbons (Fsp3) is 0.111. The maximum Gasteiger partial charge on any atom is 0.127 e. The van der Waals surface area contributed by atoms with Crippen molar-refractivity contribution >= 4 is 15.9 Å². The Morgan fingerprint density at radius 1 is 1.17 bits per heavy atom. The van der Waals surface area contributed by atoms with Gasteiger partial charge in [-0.05, 0) is 12.1 Å². The lowest BCUT2D eigenvalue weighted by atomic mass is 10.2. The van der Waals surface area contributed by atoms with Crippen LogP contribution in [-0.4, -0.2) is 5.33 Å². The fourth-order valence-corrected chi connectivity index (χ4v) is 0.902. The Balaban J connectivity index is 3.01. The normalized spacial score (nSPS) is 8.92. The summed E-state index contributed by atoms with van der Waals surface area (Å²) in [5.41, 5.74) is 0.354. The lowest BCUT2D eigenvalue weighted by Gasteiger charge is -1.91. The molecule has 12 heavy (non-hydrogen) atoms. The van der Waals surface area contributed by atoms with Crippen LogP contribution in [-0.2, 0) is 0 Å². The number of rotatable bonds is 0. The van der Waals surface area contributed by atoms with Crippen LogP contribution in [0.2, 0.25) is 0 Å². The molecule has 0 amide bonds. The predicted octanol–water partition coefficient (Wildman–Crippen LogP) is 2.71. The monoisotopic (exact) mass is 230 g/mol. The first-order valence-electron chi connectivity index (χ1n) is 3.23. The van der Waals surface area contributed by atoms with E-state index in [1.54, 1.807) is 0 Å². The molecule has 0 N–H and O–H groups in total. The van der Waals surface area contributed by atoms with E-state index in [0.29, 0.717) is 10.9 Å². The van der Waals surface area contributed by atoms with Crippen LogP contribution in [0.25, 0.3) is 0 Å². The second-order valence-electron chi connectivity index (χ2n) is 2.09. The van der Waals surface area contributed by atoms with Gasteiger partial charge in [-0.15, -0.1) is 0 Å². The van der Waals surface area contributed by atoms with Crippen molar-refractivity contribution in [2.24, 2.45) is 0 Å². The molecule has 0 aliphatic rings. The molecular weight excluding hydrogens is 226 g/mol. The Hall–Kier alpha value is -0.880. The van der Waals surface area contributed by atoms with Gasteiger partial charge in [0, 0.05) is 11.6 Å². The van der Waals surface area contributed by atoms with E-state index in [9.17, 15) is 8.78 Å². The SMILES string of the molecule is Fc1cc(F)cc(C#CCBr)c1. The van der Waals surface area contributed by atoms with Crippen LogP contribution in [0.5, 0.6) is 0 Å². The molecule has 0 aliphatic heterocycles. The van der Waals surface area contributed by atoms with Crippen LogP contribution in [0.3, 0.4) is 0 Å². The molecule has 0 radical (unpaired) electrons. The minimum Gasteiger partial charge on any atom is -0.207 e. The lowest BCUT2D eigenvalue weighted by molar-refractivity contribution is 0.582. The molecule has 1 rings (SSSR count). The van der Waals surface area contributed by atoms with E-state index in [1.165, 1.54) is 12.1 Å². The summed E-state index contributed by atoms with van der Waals surface area (Å²) < 4.78 is 25.1. The van der Waals surface area contributed by atoms with Crippen LogP contribution in [0.15, 0.2) is 18.2 Å². The second kappa shape index (κ2) is 4.22. The molecular formula is C9H5BrF2. The highest BCUT2D eigenvalue weighted by Gasteiger charge is 1.96. The summed E-state index contributed by atoms with van der Waals surface area (Å²) in [4.78, 5) is 0. The molecule has 3 heteroatoms. The molecule has 1 aromatic rings. The average molecular weight is 231 g/mol. The largest absolute Gasteiger partial charge is 0.207 e. The minimum absolute atomic E-state index is 0.354. The minimum atomic E-state index is -0.603. The summed E-state index contributed by atoms with van der Waals surface area (Å²) in [5, 5.41) is 0.491. The highest BCUT2D eigenvalue weighted by molar-refractivity contribution is 9.09. The zero-order chi connectivity index (χ0) is 8.97. The molecule has 0 atom stereocenters. The molecule has 62 valence electrons. The molecule has 0 fully saturated rings. The van der Waals surface area contributed by atoms with Gasteiger partial charge >= 0.3 is 0 Å². The Morgan fingerprint density at radius 3 is 2.25 bits per heavy atom. The van der Waals surface area contributed by atoms with Gasteiger partial charge in [0.25, 0.3) is 0 Å². The van der Waals surface area contributed by atoms with Crippen molar-refractivity contribution < 1.29 is 8.78 Å². The molecule has 0 unspecified atom stereocenters. The maximum atomic E-state index is 12.5. The predicted molar refractivity (Wildman–Crippen MR) is 47.0 cm³/mol. The molecule has 0 spiro atoms. The first-order chi connectivity index (χ1) is 5.72. The third-order valence-corrected chi connectivity index (χ3v) is 1.44. The lowest BCUT2D eigenvalue weighted by Crippen LogP contribution is -1.82. The third-order valence-electron chi connectivity index (χ3n) is 1.16. The number of benzene rings is 1. The van der Waals surface area contributed by atoms with Crippen LogP contribution in [0, 0.1) is 23.5 Å².